The Labute approximate surface area is 165 Å². The maximum absolute atomic E-state index is 13.2. The molecular weight excluding hydrogens is 379 g/mol. The normalized spacial score (nSPS) is 10.9. The molecule has 0 heterocycles. The zero-order valence-corrected chi connectivity index (χ0v) is 15.3. The molecule has 1 amide bonds. The molecule has 0 fully saturated rings. The molecule has 146 valence electrons. The summed E-state index contributed by atoms with van der Waals surface area (Å²) in [5, 5.41) is 14.4. The molecule has 0 radical (unpaired) electrons. The molecule has 7 heteroatoms. The number of nitriles is 1. The zero-order valence-electron chi connectivity index (χ0n) is 15.3. The highest BCUT2D eigenvalue weighted by Crippen LogP contribution is 2.35. The molecule has 0 aliphatic heterocycles. The van der Waals surface area contributed by atoms with Crippen LogP contribution in [-0.4, -0.2) is 5.91 Å². The van der Waals surface area contributed by atoms with Gasteiger partial charge in [0.1, 0.15) is 0 Å². The minimum Gasteiger partial charge on any atom is -0.354 e. The second-order valence-electron chi connectivity index (χ2n) is 6.34. The Bertz CT molecular complexity index is 1080. The molecule has 0 aromatic heterocycles. The van der Waals surface area contributed by atoms with Crippen molar-refractivity contribution in [2.24, 2.45) is 0 Å². The third-order valence-corrected chi connectivity index (χ3v) is 4.28. The number of carbonyl (C=O) groups is 1. The Morgan fingerprint density at radius 2 is 1.66 bits per heavy atom. The van der Waals surface area contributed by atoms with Gasteiger partial charge in [-0.05, 0) is 61.0 Å². The van der Waals surface area contributed by atoms with Gasteiger partial charge in [-0.2, -0.15) is 18.4 Å². The van der Waals surface area contributed by atoms with Gasteiger partial charge in [0.25, 0.3) is 5.91 Å². The summed E-state index contributed by atoms with van der Waals surface area (Å²) in [6.45, 7) is 1.75. The summed E-state index contributed by atoms with van der Waals surface area (Å²) in [5.41, 5.74) is 1.52. The fourth-order valence-electron chi connectivity index (χ4n) is 2.73. The smallest absolute Gasteiger partial charge is 0.354 e. The van der Waals surface area contributed by atoms with Gasteiger partial charge in [0.2, 0.25) is 0 Å². The number of aryl methyl sites for hydroxylation is 1. The Hall–Kier alpha value is -3.79. The number of hydrogen-bond donors (Lipinski definition) is 2. The highest BCUT2D eigenvalue weighted by atomic mass is 19.4. The Kier molecular flexibility index (Phi) is 5.55. The summed E-state index contributed by atoms with van der Waals surface area (Å²) >= 11 is 0. The maximum Gasteiger partial charge on any atom is 0.416 e. The van der Waals surface area contributed by atoms with E-state index in [-0.39, 0.29) is 5.69 Å². The number of halogens is 3. The number of rotatable bonds is 4. The first-order chi connectivity index (χ1) is 13.8. The number of anilines is 3. The van der Waals surface area contributed by atoms with Gasteiger partial charge >= 0.3 is 6.18 Å². The Morgan fingerprint density at radius 3 is 2.28 bits per heavy atom. The lowest BCUT2D eigenvalue weighted by molar-refractivity contribution is -0.137. The third-order valence-electron chi connectivity index (χ3n) is 4.28. The summed E-state index contributed by atoms with van der Waals surface area (Å²) in [6, 6.07) is 18.3. The fourth-order valence-corrected chi connectivity index (χ4v) is 2.73. The molecule has 3 aromatic rings. The molecule has 0 aliphatic carbocycles. The van der Waals surface area contributed by atoms with Crippen molar-refractivity contribution in [2.75, 3.05) is 10.6 Å². The van der Waals surface area contributed by atoms with Crippen LogP contribution < -0.4 is 10.6 Å². The summed E-state index contributed by atoms with van der Waals surface area (Å²) in [4.78, 5) is 12.6. The van der Waals surface area contributed by atoms with Gasteiger partial charge in [-0.3, -0.25) is 4.79 Å². The van der Waals surface area contributed by atoms with E-state index in [1.807, 2.05) is 6.07 Å². The average Bonchev–Trinajstić information content (AvgIpc) is 2.69. The molecule has 0 unspecified atom stereocenters. The van der Waals surface area contributed by atoms with Gasteiger partial charge in [0, 0.05) is 11.3 Å². The molecule has 3 aromatic carbocycles. The number of alkyl halides is 3. The third kappa shape index (κ3) is 4.74. The van der Waals surface area contributed by atoms with Gasteiger partial charge in [0.15, 0.2) is 0 Å². The molecule has 0 saturated heterocycles. The maximum atomic E-state index is 13.2. The van der Waals surface area contributed by atoms with Crippen LogP contribution in [0.4, 0.5) is 30.2 Å². The predicted molar refractivity (Wildman–Crippen MR) is 105 cm³/mol. The van der Waals surface area contributed by atoms with Crippen molar-refractivity contribution < 1.29 is 18.0 Å². The summed E-state index contributed by atoms with van der Waals surface area (Å²) in [7, 11) is 0. The number of nitrogens with zero attached hydrogens (tertiary/aromatic N) is 1. The number of hydrogen-bond acceptors (Lipinski definition) is 3. The van der Waals surface area contributed by atoms with Crippen molar-refractivity contribution >= 4 is 23.0 Å². The van der Waals surface area contributed by atoms with Crippen molar-refractivity contribution in [3.05, 3.63) is 89.0 Å². The van der Waals surface area contributed by atoms with Crippen molar-refractivity contribution in [3.8, 4) is 6.07 Å². The molecule has 3 rings (SSSR count). The quantitative estimate of drug-likeness (QED) is 0.580. The lowest BCUT2D eigenvalue weighted by atomic mass is 10.1. The molecule has 0 atom stereocenters. The van der Waals surface area contributed by atoms with Crippen LogP contribution in [0.15, 0.2) is 66.7 Å². The minimum absolute atomic E-state index is 0.00237. The van der Waals surface area contributed by atoms with Crippen LogP contribution in [0.3, 0.4) is 0 Å². The van der Waals surface area contributed by atoms with Gasteiger partial charge in [-0.25, -0.2) is 0 Å². The predicted octanol–water partition coefficient (Wildman–Crippen LogP) is 5.88. The summed E-state index contributed by atoms with van der Waals surface area (Å²) < 4.78 is 39.5. The Balaban J connectivity index is 1.96. The first-order valence-electron chi connectivity index (χ1n) is 8.63. The standard InChI is InChI=1S/C22H16F3N3O/c1-14-4-2-3-5-18(14)21(29)28-20-12-16(22(23,24)25)8-11-19(20)27-17-9-6-15(13-26)7-10-17/h2-12,27H,1H3,(H,28,29). The summed E-state index contributed by atoms with van der Waals surface area (Å²) in [5.74, 6) is -0.509. The van der Waals surface area contributed by atoms with E-state index in [9.17, 15) is 18.0 Å². The molecule has 0 aliphatic rings. The molecule has 0 spiro atoms. The van der Waals surface area contributed by atoms with Gasteiger partial charge < -0.3 is 10.6 Å². The van der Waals surface area contributed by atoms with Crippen LogP contribution in [-0.2, 0) is 6.18 Å². The number of carbonyl (C=O) groups excluding carboxylic acids is 1. The lowest BCUT2D eigenvalue weighted by Gasteiger charge is -2.16. The van der Waals surface area contributed by atoms with Crippen LogP contribution in [0.5, 0.6) is 0 Å². The van der Waals surface area contributed by atoms with Gasteiger partial charge in [-0.1, -0.05) is 18.2 Å². The first kappa shape index (κ1) is 20.0. The second-order valence-corrected chi connectivity index (χ2v) is 6.34. The first-order valence-corrected chi connectivity index (χ1v) is 8.63. The molecule has 29 heavy (non-hydrogen) atoms. The van der Waals surface area contributed by atoms with Crippen LogP contribution in [0, 0.1) is 18.3 Å². The van der Waals surface area contributed by atoms with E-state index in [2.05, 4.69) is 10.6 Å². The largest absolute Gasteiger partial charge is 0.416 e. The van der Waals surface area contributed by atoms with E-state index in [1.165, 1.54) is 6.07 Å². The van der Waals surface area contributed by atoms with Crippen LogP contribution in [0.1, 0.15) is 27.0 Å². The van der Waals surface area contributed by atoms with E-state index < -0.39 is 17.6 Å². The average molecular weight is 395 g/mol. The van der Waals surface area contributed by atoms with Crippen molar-refractivity contribution in [1.82, 2.24) is 0 Å². The highest BCUT2D eigenvalue weighted by molar-refractivity contribution is 6.07. The zero-order chi connectivity index (χ0) is 21.0. The van der Waals surface area contributed by atoms with E-state index in [1.54, 1.807) is 55.5 Å². The number of amides is 1. The second kappa shape index (κ2) is 8.07. The molecule has 0 saturated carbocycles. The van der Waals surface area contributed by atoms with E-state index >= 15 is 0 Å². The SMILES string of the molecule is Cc1ccccc1C(=O)Nc1cc(C(F)(F)F)ccc1Nc1ccc(C#N)cc1. The lowest BCUT2D eigenvalue weighted by Crippen LogP contribution is -2.15. The Morgan fingerprint density at radius 1 is 0.966 bits per heavy atom. The molecule has 4 nitrogen and oxygen atoms in total. The number of benzene rings is 3. The number of nitrogens with one attached hydrogen (secondary N) is 2. The minimum atomic E-state index is -4.55. The van der Waals surface area contributed by atoms with Crippen LogP contribution >= 0.6 is 0 Å². The molecular formula is C22H16F3N3O. The van der Waals surface area contributed by atoms with Crippen molar-refractivity contribution in [1.29, 1.82) is 5.26 Å². The fraction of sp³-hybridized carbons (Fsp3) is 0.0909. The van der Waals surface area contributed by atoms with Gasteiger partial charge in [0.05, 0.1) is 28.6 Å². The van der Waals surface area contributed by atoms with Gasteiger partial charge in [-0.15, -0.1) is 0 Å². The van der Waals surface area contributed by atoms with E-state index in [0.717, 1.165) is 12.1 Å². The molecule has 2 N–H and O–H groups in total. The van der Waals surface area contributed by atoms with Crippen molar-refractivity contribution in [2.45, 2.75) is 13.1 Å². The van der Waals surface area contributed by atoms with Crippen LogP contribution in [0.25, 0.3) is 0 Å². The van der Waals surface area contributed by atoms with Crippen molar-refractivity contribution in [3.63, 3.8) is 0 Å². The summed E-state index contributed by atoms with van der Waals surface area (Å²) in [6.07, 6.45) is -4.55. The van der Waals surface area contributed by atoms with E-state index in [4.69, 9.17) is 5.26 Å². The van der Waals surface area contributed by atoms with E-state index in [0.29, 0.717) is 28.1 Å². The molecule has 0 bridgehead atoms. The monoisotopic (exact) mass is 395 g/mol. The highest BCUT2D eigenvalue weighted by Gasteiger charge is 2.31. The topological polar surface area (TPSA) is 64.9 Å². The van der Waals surface area contributed by atoms with Crippen LogP contribution in [0.2, 0.25) is 0 Å².